The summed E-state index contributed by atoms with van der Waals surface area (Å²) in [5, 5.41) is 10.1. The first-order valence-electron chi connectivity index (χ1n) is 12.1. The third-order valence-corrected chi connectivity index (χ3v) is 9.15. The van der Waals surface area contributed by atoms with Crippen LogP contribution in [0.5, 0.6) is 5.75 Å². The summed E-state index contributed by atoms with van der Waals surface area (Å²) < 4.78 is 6.16. The zero-order chi connectivity index (χ0) is 22.6. The van der Waals surface area contributed by atoms with Crippen LogP contribution in [-0.4, -0.2) is 22.7 Å². The number of ether oxygens (including phenoxy) is 1. The van der Waals surface area contributed by atoms with E-state index >= 15 is 0 Å². The van der Waals surface area contributed by atoms with Gasteiger partial charge in [-0.15, -0.1) is 11.3 Å². The van der Waals surface area contributed by atoms with Gasteiger partial charge in [0.05, 0.1) is 17.0 Å². The molecule has 4 saturated carbocycles. The topological polar surface area (TPSA) is 59.4 Å². The van der Waals surface area contributed by atoms with Gasteiger partial charge in [0.25, 0.3) is 0 Å². The molecule has 33 heavy (non-hydrogen) atoms. The largest absolute Gasteiger partial charge is 0.494 e. The second-order valence-electron chi connectivity index (χ2n) is 10.3. The van der Waals surface area contributed by atoms with Gasteiger partial charge in [0.2, 0.25) is 0 Å². The SMILES string of the molecule is CCOc1ccc(-c2cnc(-c3ccc(C(=O)O)cc3)s2)cc1C12CC3CC(CC(C3)C1)C2. The fourth-order valence-electron chi connectivity index (χ4n) is 7.12. The molecule has 0 unspecified atom stereocenters. The molecular formula is C28H29NO3S. The Bertz CT molecular complexity index is 1160. The number of nitrogens with zero attached hydrogens (tertiary/aromatic N) is 1. The number of hydrogen-bond donors (Lipinski definition) is 1. The van der Waals surface area contributed by atoms with Crippen LogP contribution in [0.4, 0.5) is 0 Å². The Balaban J connectivity index is 1.36. The van der Waals surface area contributed by atoms with Crippen LogP contribution in [-0.2, 0) is 5.41 Å². The third-order valence-electron chi connectivity index (χ3n) is 8.06. The van der Waals surface area contributed by atoms with Crippen molar-refractivity contribution < 1.29 is 14.6 Å². The molecule has 4 nitrogen and oxygen atoms in total. The Hall–Kier alpha value is -2.66. The van der Waals surface area contributed by atoms with Gasteiger partial charge in [-0.1, -0.05) is 12.1 Å². The van der Waals surface area contributed by atoms with Gasteiger partial charge in [-0.2, -0.15) is 0 Å². The van der Waals surface area contributed by atoms with Crippen molar-refractivity contribution in [3.05, 3.63) is 59.8 Å². The number of hydrogen-bond acceptors (Lipinski definition) is 4. The number of benzene rings is 2. The number of aromatic carboxylic acids is 1. The summed E-state index contributed by atoms with van der Waals surface area (Å²) in [7, 11) is 0. The van der Waals surface area contributed by atoms with Gasteiger partial charge in [0.15, 0.2) is 0 Å². The highest BCUT2D eigenvalue weighted by atomic mass is 32.1. The van der Waals surface area contributed by atoms with E-state index in [9.17, 15) is 4.79 Å². The van der Waals surface area contributed by atoms with Gasteiger partial charge < -0.3 is 9.84 Å². The van der Waals surface area contributed by atoms with Crippen molar-refractivity contribution in [1.29, 1.82) is 0 Å². The molecule has 0 atom stereocenters. The van der Waals surface area contributed by atoms with Crippen molar-refractivity contribution in [2.24, 2.45) is 17.8 Å². The number of rotatable bonds is 6. The summed E-state index contributed by atoms with van der Waals surface area (Å²) >= 11 is 1.66. The summed E-state index contributed by atoms with van der Waals surface area (Å²) in [6, 6.07) is 13.7. The second-order valence-corrected chi connectivity index (χ2v) is 11.3. The number of carboxylic acid groups (broad SMARTS) is 1. The molecule has 3 aromatic rings. The molecule has 170 valence electrons. The van der Waals surface area contributed by atoms with Crippen LogP contribution in [0.25, 0.3) is 21.0 Å². The number of thiazole rings is 1. The van der Waals surface area contributed by atoms with Gasteiger partial charge in [-0.25, -0.2) is 9.78 Å². The van der Waals surface area contributed by atoms with Crippen molar-refractivity contribution in [1.82, 2.24) is 4.98 Å². The minimum absolute atomic E-state index is 0.273. The molecule has 0 saturated heterocycles. The Kier molecular flexibility index (Phi) is 5.06. The molecule has 4 fully saturated rings. The van der Waals surface area contributed by atoms with Crippen LogP contribution in [0.3, 0.4) is 0 Å². The Morgan fingerprint density at radius 2 is 1.67 bits per heavy atom. The fourth-order valence-corrected chi connectivity index (χ4v) is 8.03. The molecule has 1 aromatic heterocycles. The molecule has 0 aliphatic heterocycles. The summed E-state index contributed by atoms with van der Waals surface area (Å²) in [4.78, 5) is 16.9. The predicted molar refractivity (Wildman–Crippen MR) is 131 cm³/mol. The second kappa shape index (κ2) is 7.98. The van der Waals surface area contributed by atoms with Crippen LogP contribution in [0.1, 0.15) is 61.4 Å². The molecule has 4 aliphatic carbocycles. The maximum absolute atomic E-state index is 11.1. The molecule has 4 aliphatic rings. The lowest BCUT2D eigenvalue weighted by Crippen LogP contribution is -2.48. The number of carbonyl (C=O) groups is 1. The van der Waals surface area contributed by atoms with Gasteiger partial charge in [0, 0.05) is 17.3 Å². The van der Waals surface area contributed by atoms with Gasteiger partial charge in [-0.05, 0) is 105 Å². The highest BCUT2D eigenvalue weighted by Gasteiger charge is 2.52. The quantitative estimate of drug-likeness (QED) is 0.429. The minimum atomic E-state index is -0.909. The Labute approximate surface area is 198 Å². The van der Waals surface area contributed by atoms with E-state index in [1.807, 2.05) is 18.3 Å². The summed E-state index contributed by atoms with van der Waals surface area (Å²) in [5.74, 6) is 2.82. The van der Waals surface area contributed by atoms with Crippen LogP contribution in [0.15, 0.2) is 48.7 Å². The van der Waals surface area contributed by atoms with Crippen LogP contribution >= 0.6 is 11.3 Å². The molecule has 1 heterocycles. The lowest BCUT2D eigenvalue weighted by molar-refractivity contribution is -0.00631. The summed E-state index contributed by atoms with van der Waals surface area (Å²) in [6.07, 6.45) is 10.2. The smallest absolute Gasteiger partial charge is 0.335 e. The molecule has 1 N–H and O–H groups in total. The first kappa shape index (κ1) is 20.9. The van der Waals surface area contributed by atoms with E-state index in [2.05, 4.69) is 30.1 Å². The van der Waals surface area contributed by atoms with Crippen molar-refractivity contribution >= 4 is 17.3 Å². The molecule has 0 radical (unpaired) electrons. The highest BCUT2D eigenvalue weighted by Crippen LogP contribution is 2.62. The maximum Gasteiger partial charge on any atom is 0.335 e. The van der Waals surface area contributed by atoms with Gasteiger partial charge >= 0.3 is 5.97 Å². The fraction of sp³-hybridized carbons (Fsp3) is 0.429. The molecular weight excluding hydrogens is 430 g/mol. The lowest BCUT2D eigenvalue weighted by Gasteiger charge is -2.57. The van der Waals surface area contributed by atoms with Crippen molar-refractivity contribution in [3.63, 3.8) is 0 Å². The zero-order valence-corrected chi connectivity index (χ0v) is 19.7. The Morgan fingerprint density at radius 1 is 1.03 bits per heavy atom. The van der Waals surface area contributed by atoms with E-state index in [1.165, 1.54) is 49.7 Å². The van der Waals surface area contributed by atoms with Crippen molar-refractivity contribution in [3.8, 4) is 26.8 Å². The van der Waals surface area contributed by atoms with Gasteiger partial charge in [0.1, 0.15) is 10.8 Å². The average molecular weight is 460 g/mol. The summed E-state index contributed by atoms with van der Waals surface area (Å²) in [5.41, 5.74) is 4.14. The number of carboxylic acids is 1. The maximum atomic E-state index is 11.1. The molecule has 0 spiro atoms. The first-order chi connectivity index (χ1) is 16.0. The monoisotopic (exact) mass is 459 g/mol. The first-order valence-corrected chi connectivity index (χ1v) is 12.9. The Morgan fingerprint density at radius 3 is 2.27 bits per heavy atom. The van der Waals surface area contributed by atoms with E-state index in [1.54, 1.807) is 23.5 Å². The lowest BCUT2D eigenvalue weighted by atomic mass is 9.48. The normalized spacial score (nSPS) is 27.6. The van der Waals surface area contributed by atoms with Gasteiger partial charge in [-0.3, -0.25) is 0 Å². The minimum Gasteiger partial charge on any atom is -0.494 e. The molecule has 0 amide bonds. The number of aromatic nitrogens is 1. The van der Waals surface area contributed by atoms with E-state index in [0.29, 0.717) is 12.2 Å². The molecule has 4 bridgehead atoms. The zero-order valence-electron chi connectivity index (χ0n) is 18.9. The van der Waals surface area contributed by atoms with E-state index < -0.39 is 5.97 Å². The standard InChI is InChI=1S/C28H29NO3S/c1-2-32-24-8-7-22(12-23(24)28-13-17-9-18(14-28)11-19(10-17)15-28)25-16-29-26(33-25)20-3-5-21(6-4-20)27(30)31/h3-8,12,16-19H,2,9-11,13-15H2,1H3,(H,30,31). The van der Waals surface area contributed by atoms with Crippen LogP contribution in [0.2, 0.25) is 0 Å². The highest BCUT2D eigenvalue weighted by molar-refractivity contribution is 7.18. The van der Waals surface area contributed by atoms with E-state index in [0.717, 1.165) is 39.0 Å². The summed E-state index contributed by atoms with van der Waals surface area (Å²) in [6.45, 7) is 2.76. The van der Waals surface area contributed by atoms with E-state index in [-0.39, 0.29) is 5.41 Å². The predicted octanol–water partition coefficient (Wildman–Crippen LogP) is 7.04. The van der Waals surface area contributed by atoms with Crippen LogP contribution in [0, 0.1) is 17.8 Å². The molecule has 5 heteroatoms. The van der Waals surface area contributed by atoms with E-state index in [4.69, 9.17) is 9.84 Å². The average Bonchev–Trinajstić information content (AvgIpc) is 3.29. The third kappa shape index (κ3) is 3.67. The van der Waals surface area contributed by atoms with Crippen LogP contribution < -0.4 is 4.74 Å². The molecule has 2 aromatic carbocycles. The van der Waals surface area contributed by atoms with Crippen molar-refractivity contribution in [2.45, 2.75) is 50.9 Å². The van der Waals surface area contributed by atoms with Crippen molar-refractivity contribution in [2.75, 3.05) is 6.61 Å². The molecule has 7 rings (SSSR count).